The standard InChI is InChI=1S/C11H10ClF6NO.ClH/c12-7-2-1-5(10(13,14)15)3-6(7)8(20)4-9(19)11(16,17)18;/h1-3,8-9,20H,4,19H2;1H/t8-,9+;/m1./s1. The van der Waals surface area contributed by atoms with Crippen LogP contribution in [-0.2, 0) is 6.18 Å². The Labute approximate surface area is 127 Å². The van der Waals surface area contributed by atoms with E-state index < -0.39 is 42.0 Å². The average molecular weight is 358 g/mol. The smallest absolute Gasteiger partial charge is 0.388 e. The van der Waals surface area contributed by atoms with E-state index in [2.05, 4.69) is 0 Å². The van der Waals surface area contributed by atoms with Crippen molar-refractivity contribution in [3.05, 3.63) is 34.3 Å². The van der Waals surface area contributed by atoms with Gasteiger partial charge in [-0.25, -0.2) is 0 Å². The molecular weight excluding hydrogens is 347 g/mol. The number of hydrogen-bond acceptors (Lipinski definition) is 2. The summed E-state index contributed by atoms with van der Waals surface area (Å²) in [5, 5.41) is 9.33. The third-order valence-corrected chi connectivity index (χ3v) is 2.92. The molecule has 1 rings (SSSR count). The van der Waals surface area contributed by atoms with Crippen molar-refractivity contribution in [3.63, 3.8) is 0 Å². The molecule has 1 aromatic rings. The second kappa shape index (κ2) is 7.04. The molecule has 3 N–H and O–H groups in total. The van der Waals surface area contributed by atoms with Crippen molar-refractivity contribution in [1.29, 1.82) is 0 Å². The average Bonchev–Trinajstić information content (AvgIpc) is 2.26. The van der Waals surface area contributed by atoms with Crippen LogP contribution < -0.4 is 5.73 Å². The number of alkyl halides is 6. The fraction of sp³-hybridized carbons (Fsp3) is 0.455. The molecule has 0 saturated heterocycles. The van der Waals surface area contributed by atoms with Gasteiger partial charge in [-0.05, 0) is 23.8 Å². The van der Waals surface area contributed by atoms with Crippen molar-refractivity contribution in [1.82, 2.24) is 0 Å². The largest absolute Gasteiger partial charge is 0.416 e. The van der Waals surface area contributed by atoms with E-state index in [-0.39, 0.29) is 17.4 Å². The molecule has 0 saturated carbocycles. The summed E-state index contributed by atoms with van der Waals surface area (Å²) in [6.45, 7) is 0. The highest BCUT2D eigenvalue weighted by Crippen LogP contribution is 2.35. The van der Waals surface area contributed by atoms with Gasteiger partial charge in [0.2, 0.25) is 0 Å². The van der Waals surface area contributed by atoms with Gasteiger partial charge in [0.1, 0.15) is 6.04 Å². The van der Waals surface area contributed by atoms with Crippen LogP contribution in [0.25, 0.3) is 0 Å². The second-order valence-electron chi connectivity index (χ2n) is 4.13. The molecule has 0 aromatic heterocycles. The van der Waals surface area contributed by atoms with E-state index in [0.717, 1.165) is 6.07 Å². The summed E-state index contributed by atoms with van der Waals surface area (Å²) in [7, 11) is 0. The van der Waals surface area contributed by atoms with Crippen LogP contribution in [0.2, 0.25) is 5.02 Å². The normalized spacial score (nSPS) is 15.3. The van der Waals surface area contributed by atoms with Gasteiger partial charge in [0.15, 0.2) is 0 Å². The Hall–Kier alpha value is -0.700. The number of nitrogens with two attached hydrogens (primary N) is 1. The fourth-order valence-electron chi connectivity index (χ4n) is 1.48. The molecule has 0 spiro atoms. The predicted molar refractivity (Wildman–Crippen MR) is 67.3 cm³/mol. The maximum absolute atomic E-state index is 12.5. The molecule has 1 aromatic carbocycles. The summed E-state index contributed by atoms with van der Waals surface area (Å²) in [4.78, 5) is 0. The van der Waals surface area contributed by atoms with Gasteiger partial charge in [-0.2, -0.15) is 26.3 Å². The topological polar surface area (TPSA) is 46.2 Å². The van der Waals surface area contributed by atoms with Gasteiger partial charge in [-0.3, -0.25) is 0 Å². The molecule has 21 heavy (non-hydrogen) atoms. The first kappa shape index (κ1) is 20.3. The molecule has 0 unspecified atom stereocenters. The maximum atomic E-state index is 12.5. The third-order valence-electron chi connectivity index (χ3n) is 2.58. The lowest BCUT2D eigenvalue weighted by atomic mass is 10.00. The van der Waals surface area contributed by atoms with Crippen molar-refractivity contribution >= 4 is 24.0 Å². The van der Waals surface area contributed by atoms with Crippen LogP contribution in [0, 0.1) is 0 Å². The summed E-state index contributed by atoms with van der Waals surface area (Å²) < 4.78 is 74.2. The fourth-order valence-corrected chi connectivity index (χ4v) is 1.72. The predicted octanol–water partition coefficient (Wildman–Crippen LogP) is 4.09. The third kappa shape index (κ3) is 5.54. The SMILES string of the molecule is Cl.N[C@@H](C[C@@H](O)c1cc(C(F)(F)F)ccc1Cl)C(F)(F)F. The van der Waals surface area contributed by atoms with E-state index in [4.69, 9.17) is 17.3 Å². The zero-order chi connectivity index (χ0) is 15.7. The van der Waals surface area contributed by atoms with Crippen molar-refractivity contribution in [2.24, 2.45) is 5.73 Å². The van der Waals surface area contributed by atoms with E-state index in [1.54, 1.807) is 0 Å². The van der Waals surface area contributed by atoms with Crippen LogP contribution in [-0.4, -0.2) is 17.3 Å². The molecule has 122 valence electrons. The Morgan fingerprint density at radius 2 is 1.67 bits per heavy atom. The molecule has 10 heteroatoms. The zero-order valence-corrected chi connectivity index (χ0v) is 11.7. The van der Waals surface area contributed by atoms with Gasteiger partial charge < -0.3 is 10.8 Å². The summed E-state index contributed by atoms with van der Waals surface area (Å²) in [5.74, 6) is 0. The summed E-state index contributed by atoms with van der Waals surface area (Å²) in [5.41, 5.74) is 3.25. The number of benzene rings is 1. The van der Waals surface area contributed by atoms with Gasteiger partial charge in [0.25, 0.3) is 0 Å². The first-order valence-corrected chi connectivity index (χ1v) is 5.67. The maximum Gasteiger partial charge on any atom is 0.416 e. The number of rotatable bonds is 3. The van der Waals surface area contributed by atoms with Gasteiger partial charge in [-0.15, -0.1) is 12.4 Å². The van der Waals surface area contributed by atoms with E-state index in [0.29, 0.717) is 12.1 Å². The van der Waals surface area contributed by atoms with Gasteiger partial charge in [0, 0.05) is 11.4 Å². The Morgan fingerprint density at radius 1 is 1.14 bits per heavy atom. The van der Waals surface area contributed by atoms with Crippen LogP contribution in [0.4, 0.5) is 26.3 Å². The Kier molecular flexibility index (Phi) is 6.81. The quantitative estimate of drug-likeness (QED) is 0.800. The molecule has 0 radical (unpaired) electrons. The highest BCUT2D eigenvalue weighted by atomic mass is 35.5. The summed E-state index contributed by atoms with van der Waals surface area (Å²) in [6.07, 6.45) is -12.3. The minimum atomic E-state index is -4.75. The molecule has 2 atom stereocenters. The lowest BCUT2D eigenvalue weighted by Crippen LogP contribution is -2.38. The Bertz CT molecular complexity index is 477. The molecule has 0 heterocycles. The highest BCUT2D eigenvalue weighted by molar-refractivity contribution is 6.31. The Morgan fingerprint density at radius 3 is 2.10 bits per heavy atom. The van der Waals surface area contributed by atoms with Crippen LogP contribution >= 0.6 is 24.0 Å². The number of aliphatic hydroxyl groups excluding tert-OH is 1. The van der Waals surface area contributed by atoms with Crippen LogP contribution in [0.15, 0.2) is 18.2 Å². The van der Waals surface area contributed by atoms with Gasteiger partial charge in [0.05, 0.1) is 11.7 Å². The summed E-state index contributed by atoms with van der Waals surface area (Å²) >= 11 is 5.59. The molecule has 0 aliphatic carbocycles. The highest BCUT2D eigenvalue weighted by Gasteiger charge is 2.38. The van der Waals surface area contributed by atoms with Crippen molar-refractivity contribution < 1.29 is 31.4 Å². The molecule has 0 aliphatic rings. The molecule has 0 bridgehead atoms. The molecule has 0 fully saturated rings. The minimum Gasteiger partial charge on any atom is -0.388 e. The van der Waals surface area contributed by atoms with Crippen LogP contribution in [0.5, 0.6) is 0 Å². The molecule has 2 nitrogen and oxygen atoms in total. The van der Waals surface area contributed by atoms with Crippen LogP contribution in [0.3, 0.4) is 0 Å². The second-order valence-corrected chi connectivity index (χ2v) is 4.54. The zero-order valence-electron chi connectivity index (χ0n) is 10.2. The molecule has 0 amide bonds. The Balaban J connectivity index is 0.00000400. The first-order valence-electron chi connectivity index (χ1n) is 5.30. The van der Waals surface area contributed by atoms with Crippen molar-refractivity contribution in [3.8, 4) is 0 Å². The van der Waals surface area contributed by atoms with E-state index in [9.17, 15) is 31.4 Å². The lowest BCUT2D eigenvalue weighted by Gasteiger charge is -2.20. The van der Waals surface area contributed by atoms with Gasteiger partial charge >= 0.3 is 12.4 Å². The minimum absolute atomic E-state index is 0. The lowest BCUT2D eigenvalue weighted by molar-refractivity contribution is -0.154. The van der Waals surface area contributed by atoms with E-state index in [1.807, 2.05) is 0 Å². The van der Waals surface area contributed by atoms with Crippen LogP contribution in [0.1, 0.15) is 23.7 Å². The molecular formula is C11H11Cl2F6NO. The van der Waals surface area contributed by atoms with Gasteiger partial charge in [-0.1, -0.05) is 11.6 Å². The number of aliphatic hydroxyl groups is 1. The monoisotopic (exact) mass is 357 g/mol. The van der Waals surface area contributed by atoms with E-state index >= 15 is 0 Å². The number of hydrogen-bond donors (Lipinski definition) is 2. The van der Waals surface area contributed by atoms with E-state index in [1.165, 1.54) is 0 Å². The van der Waals surface area contributed by atoms with Crippen molar-refractivity contribution in [2.75, 3.05) is 0 Å². The van der Waals surface area contributed by atoms with Crippen molar-refractivity contribution in [2.45, 2.75) is 30.9 Å². The number of halogens is 8. The first-order chi connectivity index (χ1) is 8.93. The summed E-state index contributed by atoms with van der Waals surface area (Å²) in [6, 6.07) is -0.316. The molecule has 0 aliphatic heterocycles.